The number of pyridine rings is 1. The molecule has 198 valence electrons. The topological polar surface area (TPSA) is 83.0 Å². The van der Waals surface area contributed by atoms with E-state index in [4.69, 9.17) is 4.74 Å². The minimum absolute atomic E-state index is 0.0579. The molecule has 1 amide bonds. The molecule has 0 bridgehead atoms. The molecule has 2 heterocycles. The van der Waals surface area contributed by atoms with E-state index in [1.54, 1.807) is 30.5 Å². The van der Waals surface area contributed by atoms with Crippen molar-refractivity contribution >= 4 is 23.1 Å². The zero-order valence-electron chi connectivity index (χ0n) is 22.4. The number of Topliss-reactive ketones (excluding diaryl/α,β-unsaturated/α-hetero) is 1. The molecular weight excluding hydrogens is 478 g/mol. The van der Waals surface area contributed by atoms with E-state index in [9.17, 15) is 14.7 Å². The molecule has 0 aliphatic carbocycles. The summed E-state index contributed by atoms with van der Waals surface area (Å²) in [5.41, 5.74) is 2.93. The van der Waals surface area contributed by atoms with Crippen LogP contribution in [0.3, 0.4) is 0 Å². The fourth-order valence-electron chi connectivity index (χ4n) is 4.66. The van der Waals surface area contributed by atoms with Crippen LogP contribution in [-0.4, -0.2) is 46.4 Å². The Bertz CT molecular complexity index is 1300. The van der Waals surface area contributed by atoms with Gasteiger partial charge >= 0.3 is 0 Å². The van der Waals surface area contributed by atoms with Crippen LogP contribution in [0, 0.1) is 5.92 Å². The van der Waals surface area contributed by atoms with E-state index in [1.807, 2.05) is 42.5 Å². The number of hydrogen-bond acceptors (Lipinski definition) is 6. The van der Waals surface area contributed by atoms with Crippen LogP contribution in [0.1, 0.15) is 50.6 Å². The first kappa shape index (κ1) is 26.9. The minimum Gasteiger partial charge on any atom is -0.507 e. The number of nitrogens with zero attached hydrogens (tertiary/aromatic N) is 3. The lowest BCUT2D eigenvalue weighted by molar-refractivity contribution is -0.140. The second kappa shape index (κ2) is 11.9. The van der Waals surface area contributed by atoms with E-state index in [-0.39, 0.29) is 17.9 Å². The zero-order chi connectivity index (χ0) is 27.2. The third-order valence-electron chi connectivity index (χ3n) is 6.63. The van der Waals surface area contributed by atoms with E-state index in [0.29, 0.717) is 29.5 Å². The predicted molar refractivity (Wildman–Crippen MR) is 149 cm³/mol. The monoisotopic (exact) mass is 513 g/mol. The van der Waals surface area contributed by atoms with Gasteiger partial charge in [0.05, 0.1) is 30.5 Å². The van der Waals surface area contributed by atoms with E-state index < -0.39 is 17.7 Å². The van der Waals surface area contributed by atoms with Crippen LogP contribution in [0.15, 0.2) is 78.5 Å². The largest absolute Gasteiger partial charge is 0.507 e. The number of aromatic nitrogens is 1. The normalized spacial score (nSPS) is 16.8. The number of aliphatic hydroxyl groups is 1. The van der Waals surface area contributed by atoms with E-state index >= 15 is 0 Å². The minimum atomic E-state index is -0.761. The number of amides is 1. The highest BCUT2D eigenvalue weighted by atomic mass is 16.5. The van der Waals surface area contributed by atoms with Crippen molar-refractivity contribution in [2.75, 3.05) is 24.6 Å². The summed E-state index contributed by atoms with van der Waals surface area (Å²) in [6, 6.07) is 19.5. The average Bonchev–Trinajstić information content (AvgIpc) is 3.18. The number of ether oxygens (including phenoxy) is 1. The van der Waals surface area contributed by atoms with Crippen LogP contribution < -0.4 is 9.64 Å². The van der Waals surface area contributed by atoms with Gasteiger partial charge in [-0.05, 0) is 61.7 Å². The second-order valence-corrected chi connectivity index (χ2v) is 9.74. The molecule has 2 aromatic carbocycles. The van der Waals surface area contributed by atoms with E-state index in [1.165, 1.54) is 4.90 Å². The molecule has 0 spiro atoms. The SMILES string of the molecule is CCN(CC)c1ccc(C2/C(=C(/O)c3cccc(OCC(C)C)c3)C(=O)C(=O)N2Cc2ccccn2)cc1. The van der Waals surface area contributed by atoms with Crippen molar-refractivity contribution in [3.05, 3.63) is 95.3 Å². The van der Waals surface area contributed by atoms with Gasteiger partial charge in [-0.15, -0.1) is 0 Å². The molecule has 38 heavy (non-hydrogen) atoms. The van der Waals surface area contributed by atoms with Gasteiger partial charge in [-0.25, -0.2) is 0 Å². The number of carbonyl (C=O) groups excluding carboxylic acids is 2. The molecule has 1 N–H and O–H groups in total. The van der Waals surface area contributed by atoms with Crippen LogP contribution in [0.2, 0.25) is 0 Å². The highest BCUT2D eigenvalue weighted by Gasteiger charge is 2.46. The maximum atomic E-state index is 13.4. The molecule has 1 saturated heterocycles. The smallest absolute Gasteiger partial charge is 0.296 e. The molecule has 0 radical (unpaired) electrons. The third kappa shape index (κ3) is 5.72. The number of likely N-dealkylation sites (tertiary alicyclic amines) is 1. The first-order valence-corrected chi connectivity index (χ1v) is 13.1. The zero-order valence-corrected chi connectivity index (χ0v) is 22.4. The molecule has 1 unspecified atom stereocenters. The van der Waals surface area contributed by atoms with Crippen molar-refractivity contribution in [1.82, 2.24) is 9.88 Å². The fourth-order valence-corrected chi connectivity index (χ4v) is 4.66. The van der Waals surface area contributed by atoms with Gasteiger partial charge in [-0.3, -0.25) is 14.6 Å². The molecule has 7 heteroatoms. The number of ketones is 1. The summed E-state index contributed by atoms with van der Waals surface area (Å²) >= 11 is 0. The predicted octanol–water partition coefficient (Wildman–Crippen LogP) is 5.58. The molecule has 1 aliphatic rings. The van der Waals surface area contributed by atoms with E-state index in [2.05, 4.69) is 37.6 Å². The Morgan fingerprint density at radius 3 is 2.39 bits per heavy atom. The number of aliphatic hydroxyl groups excluding tert-OH is 1. The Morgan fingerprint density at radius 1 is 1.03 bits per heavy atom. The summed E-state index contributed by atoms with van der Waals surface area (Å²) in [7, 11) is 0. The van der Waals surface area contributed by atoms with Gasteiger partial charge in [-0.2, -0.15) is 0 Å². The summed E-state index contributed by atoms with van der Waals surface area (Å²) in [6.45, 7) is 10.7. The van der Waals surface area contributed by atoms with Crippen LogP contribution in [0.4, 0.5) is 5.69 Å². The van der Waals surface area contributed by atoms with Gasteiger partial charge < -0.3 is 19.6 Å². The summed E-state index contributed by atoms with van der Waals surface area (Å²) < 4.78 is 5.83. The number of hydrogen-bond donors (Lipinski definition) is 1. The Morgan fingerprint density at radius 2 is 1.76 bits per heavy atom. The molecule has 1 atom stereocenters. The standard InChI is InChI=1S/C31H35N3O4/c1-5-33(6-2)25-15-13-22(14-16-25)28-27(29(35)23-10-9-12-26(18-23)38-20-21(3)4)30(36)31(37)34(28)19-24-11-7-8-17-32-24/h7-18,21,28,35H,5-6,19-20H2,1-4H3/b29-27-. The summed E-state index contributed by atoms with van der Waals surface area (Å²) in [4.78, 5) is 34.8. The van der Waals surface area contributed by atoms with Crippen molar-refractivity contribution in [2.45, 2.75) is 40.3 Å². The molecule has 1 aromatic heterocycles. The highest BCUT2D eigenvalue weighted by Crippen LogP contribution is 2.41. The third-order valence-corrected chi connectivity index (χ3v) is 6.63. The maximum Gasteiger partial charge on any atom is 0.296 e. The average molecular weight is 514 g/mol. The Kier molecular flexibility index (Phi) is 8.46. The first-order chi connectivity index (χ1) is 18.3. The molecule has 0 saturated carbocycles. The molecule has 1 aliphatic heterocycles. The number of anilines is 1. The van der Waals surface area contributed by atoms with Crippen molar-refractivity contribution in [3.63, 3.8) is 0 Å². The quantitative estimate of drug-likeness (QED) is 0.216. The summed E-state index contributed by atoms with van der Waals surface area (Å²) in [6.07, 6.45) is 1.66. The Hall–Kier alpha value is -4.13. The van der Waals surface area contributed by atoms with Gasteiger partial charge in [0.2, 0.25) is 0 Å². The Balaban J connectivity index is 1.79. The van der Waals surface area contributed by atoms with Crippen LogP contribution in [0.5, 0.6) is 5.75 Å². The number of benzene rings is 2. The van der Waals surface area contributed by atoms with E-state index in [0.717, 1.165) is 24.3 Å². The van der Waals surface area contributed by atoms with Crippen LogP contribution in [-0.2, 0) is 16.1 Å². The van der Waals surface area contributed by atoms with Gasteiger partial charge in [0.1, 0.15) is 11.5 Å². The fraction of sp³-hybridized carbons (Fsp3) is 0.323. The summed E-state index contributed by atoms with van der Waals surface area (Å²) in [5, 5.41) is 11.4. The number of rotatable bonds is 10. The summed E-state index contributed by atoms with van der Waals surface area (Å²) in [5.74, 6) is -0.680. The van der Waals surface area contributed by atoms with Gasteiger partial charge in [-0.1, -0.05) is 44.2 Å². The van der Waals surface area contributed by atoms with Crippen LogP contribution >= 0.6 is 0 Å². The lowest BCUT2D eigenvalue weighted by atomic mass is 9.95. The van der Waals surface area contributed by atoms with Gasteiger partial charge in [0.25, 0.3) is 11.7 Å². The lowest BCUT2D eigenvalue weighted by Gasteiger charge is -2.26. The molecule has 3 aromatic rings. The van der Waals surface area contributed by atoms with Gasteiger partial charge in [0.15, 0.2) is 0 Å². The van der Waals surface area contributed by atoms with Crippen molar-refractivity contribution < 1.29 is 19.4 Å². The molecular formula is C31H35N3O4. The second-order valence-electron chi connectivity index (χ2n) is 9.74. The molecule has 4 rings (SSSR count). The number of carbonyl (C=O) groups is 2. The Labute approximate surface area is 224 Å². The van der Waals surface area contributed by atoms with Crippen molar-refractivity contribution in [3.8, 4) is 5.75 Å². The van der Waals surface area contributed by atoms with Crippen LogP contribution in [0.25, 0.3) is 5.76 Å². The van der Waals surface area contributed by atoms with Crippen molar-refractivity contribution in [2.24, 2.45) is 5.92 Å². The van der Waals surface area contributed by atoms with Gasteiger partial charge in [0, 0.05) is 30.5 Å². The van der Waals surface area contributed by atoms with Crippen molar-refractivity contribution in [1.29, 1.82) is 0 Å². The maximum absolute atomic E-state index is 13.4. The first-order valence-electron chi connectivity index (χ1n) is 13.1. The lowest BCUT2D eigenvalue weighted by Crippen LogP contribution is -2.29. The molecule has 7 nitrogen and oxygen atoms in total. The highest BCUT2D eigenvalue weighted by molar-refractivity contribution is 6.46. The molecule has 1 fully saturated rings.